The fraction of sp³-hybridized carbons (Fsp3) is 0.625. The van der Waals surface area contributed by atoms with E-state index in [2.05, 4.69) is 38.2 Å². The number of ether oxygens (including phenoxy) is 2. The van der Waals surface area contributed by atoms with Gasteiger partial charge in [0.05, 0.1) is 14.2 Å². The average Bonchev–Trinajstić information content (AvgIpc) is 2.40. The van der Waals surface area contributed by atoms with Crippen molar-refractivity contribution in [1.82, 2.24) is 5.32 Å². The maximum absolute atomic E-state index is 5.42. The lowest BCUT2D eigenvalue weighted by atomic mass is 9.82. The summed E-state index contributed by atoms with van der Waals surface area (Å²) in [6.07, 6.45) is 1.20. The van der Waals surface area contributed by atoms with Crippen molar-refractivity contribution in [1.29, 1.82) is 0 Å². The third-order valence-corrected chi connectivity index (χ3v) is 4.02. The zero-order valence-electron chi connectivity index (χ0n) is 12.6. The zero-order valence-corrected chi connectivity index (χ0v) is 12.6. The summed E-state index contributed by atoms with van der Waals surface area (Å²) in [5.74, 6) is 2.86. The number of hydrogen-bond acceptors (Lipinski definition) is 3. The molecule has 0 spiro atoms. The number of benzene rings is 1. The number of fused-ring (bicyclic) bond motifs is 1. The Hall–Kier alpha value is -1.22. The quantitative estimate of drug-likeness (QED) is 0.904. The molecule has 0 saturated heterocycles. The van der Waals surface area contributed by atoms with E-state index in [1.54, 1.807) is 14.2 Å². The molecular weight excluding hydrogens is 238 g/mol. The summed E-state index contributed by atoms with van der Waals surface area (Å²) in [5.41, 5.74) is 2.72. The summed E-state index contributed by atoms with van der Waals surface area (Å²) in [7, 11) is 3.38. The van der Waals surface area contributed by atoms with Gasteiger partial charge in [0.1, 0.15) is 0 Å². The minimum atomic E-state index is 0.506. The van der Waals surface area contributed by atoms with Gasteiger partial charge in [-0.25, -0.2) is 0 Å². The summed E-state index contributed by atoms with van der Waals surface area (Å²) in [5, 5.41) is 3.65. The van der Waals surface area contributed by atoms with Crippen molar-refractivity contribution in [3.05, 3.63) is 23.3 Å². The summed E-state index contributed by atoms with van der Waals surface area (Å²) in [6, 6.07) is 4.79. The van der Waals surface area contributed by atoms with Gasteiger partial charge in [-0.05, 0) is 41.5 Å². The van der Waals surface area contributed by atoms with E-state index in [1.165, 1.54) is 17.5 Å². The van der Waals surface area contributed by atoms with Crippen LogP contribution in [-0.4, -0.2) is 20.3 Å². The molecule has 2 rings (SSSR count). The molecule has 2 unspecified atom stereocenters. The lowest BCUT2D eigenvalue weighted by Crippen LogP contribution is -2.39. The van der Waals surface area contributed by atoms with Crippen LogP contribution in [0.5, 0.6) is 11.5 Å². The maximum atomic E-state index is 5.42. The second kappa shape index (κ2) is 5.83. The molecular formula is C16H25NO2. The molecule has 3 nitrogen and oxygen atoms in total. The Labute approximate surface area is 116 Å². The second-order valence-corrected chi connectivity index (χ2v) is 5.81. The Balaban J connectivity index is 2.32. The molecule has 1 aromatic rings. The largest absolute Gasteiger partial charge is 0.493 e. The molecule has 0 aromatic heterocycles. The van der Waals surface area contributed by atoms with Crippen LogP contribution in [0.15, 0.2) is 12.1 Å². The molecule has 1 aliphatic heterocycles. The fourth-order valence-electron chi connectivity index (χ4n) is 2.94. The van der Waals surface area contributed by atoms with Gasteiger partial charge in [0.15, 0.2) is 11.5 Å². The molecule has 0 saturated carbocycles. The molecule has 0 aliphatic carbocycles. The zero-order chi connectivity index (χ0) is 14.0. The van der Waals surface area contributed by atoms with Gasteiger partial charge in [-0.2, -0.15) is 0 Å². The van der Waals surface area contributed by atoms with Gasteiger partial charge < -0.3 is 14.8 Å². The predicted molar refractivity (Wildman–Crippen MR) is 78.0 cm³/mol. The topological polar surface area (TPSA) is 30.5 Å². The van der Waals surface area contributed by atoms with Crippen molar-refractivity contribution in [3.8, 4) is 11.5 Å². The SMILES string of the molecule is COc1cc2c(cc1OC)C(C)C(CC(C)C)NC2. The van der Waals surface area contributed by atoms with Crippen LogP contribution in [0.2, 0.25) is 0 Å². The number of nitrogens with one attached hydrogen (secondary N) is 1. The summed E-state index contributed by atoms with van der Waals surface area (Å²) < 4.78 is 10.8. The molecule has 1 aromatic carbocycles. The van der Waals surface area contributed by atoms with Crippen molar-refractivity contribution >= 4 is 0 Å². The van der Waals surface area contributed by atoms with Crippen LogP contribution in [-0.2, 0) is 6.54 Å². The van der Waals surface area contributed by atoms with Gasteiger partial charge >= 0.3 is 0 Å². The lowest BCUT2D eigenvalue weighted by molar-refractivity contribution is 0.339. The van der Waals surface area contributed by atoms with E-state index < -0.39 is 0 Å². The second-order valence-electron chi connectivity index (χ2n) is 5.81. The van der Waals surface area contributed by atoms with Gasteiger partial charge in [-0.1, -0.05) is 20.8 Å². The molecule has 0 fully saturated rings. The van der Waals surface area contributed by atoms with Gasteiger partial charge in [0.2, 0.25) is 0 Å². The predicted octanol–water partition coefficient (Wildman–Crippen LogP) is 3.33. The highest BCUT2D eigenvalue weighted by atomic mass is 16.5. The summed E-state index contributed by atoms with van der Waals surface area (Å²) in [4.78, 5) is 0. The molecule has 1 aliphatic rings. The smallest absolute Gasteiger partial charge is 0.161 e. The van der Waals surface area contributed by atoms with E-state index >= 15 is 0 Å². The first-order valence-corrected chi connectivity index (χ1v) is 7.05. The summed E-state index contributed by atoms with van der Waals surface area (Å²) in [6.45, 7) is 7.76. The minimum Gasteiger partial charge on any atom is -0.493 e. The van der Waals surface area contributed by atoms with E-state index in [-0.39, 0.29) is 0 Å². The van der Waals surface area contributed by atoms with Crippen molar-refractivity contribution in [2.24, 2.45) is 5.92 Å². The Bertz CT molecular complexity index is 443. The standard InChI is InChI=1S/C16H25NO2/c1-10(2)6-14-11(3)13-8-16(19-5)15(18-4)7-12(13)9-17-14/h7-8,10-11,14,17H,6,9H2,1-5H3. The van der Waals surface area contributed by atoms with E-state index in [0.717, 1.165) is 18.0 Å². The van der Waals surface area contributed by atoms with Crippen LogP contribution in [0.25, 0.3) is 0 Å². The van der Waals surface area contributed by atoms with Crippen molar-refractivity contribution < 1.29 is 9.47 Å². The van der Waals surface area contributed by atoms with Crippen LogP contribution in [0.1, 0.15) is 44.2 Å². The first-order valence-electron chi connectivity index (χ1n) is 7.05. The first kappa shape index (κ1) is 14.2. The van der Waals surface area contributed by atoms with Crippen LogP contribution >= 0.6 is 0 Å². The monoisotopic (exact) mass is 263 g/mol. The lowest BCUT2D eigenvalue weighted by Gasteiger charge is -2.34. The Morgan fingerprint density at radius 1 is 1.21 bits per heavy atom. The highest BCUT2D eigenvalue weighted by molar-refractivity contribution is 5.49. The molecule has 1 heterocycles. The molecule has 3 heteroatoms. The van der Waals surface area contributed by atoms with E-state index in [4.69, 9.17) is 9.47 Å². The Morgan fingerprint density at radius 2 is 1.84 bits per heavy atom. The van der Waals surface area contributed by atoms with Crippen molar-refractivity contribution in [2.45, 2.75) is 45.7 Å². The van der Waals surface area contributed by atoms with Crippen LogP contribution in [0.4, 0.5) is 0 Å². The Morgan fingerprint density at radius 3 is 2.42 bits per heavy atom. The molecule has 2 atom stereocenters. The molecule has 19 heavy (non-hydrogen) atoms. The number of rotatable bonds is 4. The minimum absolute atomic E-state index is 0.506. The van der Waals surface area contributed by atoms with Crippen molar-refractivity contribution in [2.75, 3.05) is 14.2 Å². The summed E-state index contributed by atoms with van der Waals surface area (Å²) >= 11 is 0. The first-order chi connectivity index (χ1) is 9.06. The normalized spacial score (nSPS) is 22.2. The van der Waals surface area contributed by atoms with Gasteiger partial charge in [0.25, 0.3) is 0 Å². The van der Waals surface area contributed by atoms with E-state index in [9.17, 15) is 0 Å². The van der Waals surface area contributed by atoms with Crippen LogP contribution in [0, 0.1) is 5.92 Å². The molecule has 0 bridgehead atoms. The highest BCUT2D eigenvalue weighted by Gasteiger charge is 2.27. The van der Waals surface area contributed by atoms with Crippen LogP contribution < -0.4 is 14.8 Å². The van der Waals surface area contributed by atoms with Crippen molar-refractivity contribution in [3.63, 3.8) is 0 Å². The number of hydrogen-bond donors (Lipinski definition) is 1. The van der Waals surface area contributed by atoms with Gasteiger partial charge in [-0.3, -0.25) is 0 Å². The average molecular weight is 263 g/mol. The highest BCUT2D eigenvalue weighted by Crippen LogP contribution is 2.38. The van der Waals surface area contributed by atoms with E-state index in [1.807, 2.05) is 0 Å². The number of methoxy groups -OCH3 is 2. The Kier molecular flexibility index (Phi) is 4.35. The molecule has 0 amide bonds. The van der Waals surface area contributed by atoms with Gasteiger partial charge in [0, 0.05) is 12.6 Å². The molecule has 1 N–H and O–H groups in total. The molecule has 106 valence electrons. The molecule has 0 radical (unpaired) electrons. The third-order valence-electron chi connectivity index (χ3n) is 4.02. The fourth-order valence-corrected chi connectivity index (χ4v) is 2.94. The van der Waals surface area contributed by atoms with Gasteiger partial charge in [-0.15, -0.1) is 0 Å². The van der Waals surface area contributed by atoms with Crippen LogP contribution in [0.3, 0.4) is 0 Å². The van der Waals surface area contributed by atoms with E-state index in [0.29, 0.717) is 17.9 Å². The third kappa shape index (κ3) is 2.86. The maximum Gasteiger partial charge on any atom is 0.161 e.